The maximum atomic E-state index is 8.80. The predicted molar refractivity (Wildman–Crippen MR) is 55.4 cm³/mol. The summed E-state index contributed by atoms with van der Waals surface area (Å²) >= 11 is 9.15. The van der Waals surface area contributed by atoms with Gasteiger partial charge in [-0.15, -0.1) is 0 Å². The number of rotatable bonds is 2. The van der Waals surface area contributed by atoms with Crippen LogP contribution in [0.5, 0.6) is 5.75 Å². The summed E-state index contributed by atoms with van der Waals surface area (Å²) in [6.45, 7) is 0. The molecule has 0 radical (unpaired) electrons. The van der Waals surface area contributed by atoms with Gasteiger partial charge in [0.2, 0.25) is 0 Å². The number of methoxy groups -OCH3 is 1. The topological polar surface area (TPSA) is 33.0 Å². The minimum absolute atomic E-state index is 0.427. The zero-order chi connectivity index (χ0) is 9.84. The first-order valence-electron chi connectivity index (χ1n) is 3.55. The Morgan fingerprint density at radius 3 is 2.77 bits per heavy atom. The quantitative estimate of drug-likeness (QED) is 0.766. The third-order valence-electron chi connectivity index (χ3n) is 1.64. The van der Waals surface area contributed by atoms with Crippen molar-refractivity contribution >= 4 is 27.5 Å². The fourth-order valence-corrected chi connectivity index (χ4v) is 1.70. The summed E-state index contributed by atoms with van der Waals surface area (Å²) in [7, 11) is 1.57. The molecule has 0 amide bonds. The second-order valence-corrected chi connectivity index (χ2v) is 3.36. The molecule has 68 valence electrons. The van der Waals surface area contributed by atoms with E-state index in [0.29, 0.717) is 21.7 Å². The number of nitrogens with zero attached hydrogens (tertiary/aromatic N) is 1. The number of ether oxygens (including phenoxy) is 1. The zero-order valence-electron chi connectivity index (χ0n) is 6.97. The second kappa shape index (κ2) is 4.50. The average molecular weight is 261 g/mol. The standard InChI is InChI=1S/C9H7BrClNO/c1-13-7-2-6(4-10)8(5-12)9(11)3-7/h2-3H,4H2,1H3. The van der Waals surface area contributed by atoms with Crippen LogP contribution in [-0.4, -0.2) is 7.11 Å². The summed E-state index contributed by atoms with van der Waals surface area (Å²) in [5.41, 5.74) is 1.34. The molecule has 0 bridgehead atoms. The van der Waals surface area contributed by atoms with Gasteiger partial charge in [-0.3, -0.25) is 0 Å². The van der Waals surface area contributed by atoms with Gasteiger partial charge in [0, 0.05) is 11.4 Å². The van der Waals surface area contributed by atoms with Crippen molar-refractivity contribution in [1.82, 2.24) is 0 Å². The van der Waals surface area contributed by atoms with Gasteiger partial charge < -0.3 is 4.74 Å². The van der Waals surface area contributed by atoms with Gasteiger partial charge in [-0.1, -0.05) is 27.5 Å². The molecule has 1 aromatic rings. The fourth-order valence-electron chi connectivity index (χ4n) is 0.984. The molecule has 2 nitrogen and oxygen atoms in total. The minimum Gasteiger partial charge on any atom is -0.497 e. The average Bonchev–Trinajstić information content (AvgIpc) is 2.16. The van der Waals surface area contributed by atoms with Gasteiger partial charge in [0.15, 0.2) is 0 Å². The van der Waals surface area contributed by atoms with Gasteiger partial charge in [0.25, 0.3) is 0 Å². The third-order valence-corrected chi connectivity index (χ3v) is 2.54. The molecular weight excluding hydrogens is 253 g/mol. The lowest BCUT2D eigenvalue weighted by Gasteiger charge is -2.05. The van der Waals surface area contributed by atoms with Crippen LogP contribution >= 0.6 is 27.5 Å². The molecule has 1 aromatic carbocycles. The predicted octanol–water partition coefficient (Wildman–Crippen LogP) is 3.12. The molecule has 0 aliphatic rings. The van der Waals surface area contributed by atoms with Crippen LogP contribution in [0.1, 0.15) is 11.1 Å². The molecule has 13 heavy (non-hydrogen) atoms. The molecule has 0 N–H and O–H groups in total. The first kappa shape index (κ1) is 10.4. The van der Waals surface area contributed by atoms with Crippen LogP contribution < -0.4 is 4.74 Å². The van der Waals surface area contributed by atoms with E-state index in [2.05, 4.69) is 15.9 Å². The summed E-state index contributed by atoms with van der Waals surface area (Å²) < 4.78 is 5.02. The maximum absolute atomic E-state index is 8.80. The van der Waals surface area contributed by atoms with E-state index in [1.807, 2.05) is 6.07 Å². The number of halogens is 2. The van der Waals surface area contributed by atoms with Gasteiger partial charge in [-0.25, -0.2) is 0 Å². The van der Waals surface area contributed by atoms with Crippen molar-refractivity contribution in [2.75, 3.05) is 7.11 Å². The Hall–Kier alpha value is -0.720. The van der Waals surface area contributed by atoms with Crippen molar-refractivity contribution in [2.45, 2.75) is 5.33 Å². The molecule has 0 atom stereocenters. The van der Waals surface area contributed by atoms with Crippen molar-refractivity contribution in [3.05, 3.63) is 28.3 Å². The Morgan fingerprint density at radius 2 is 2.31 bits per heavy atom. The summed E-state index contributed by atoms with van der Waals surface area (Å²) in [5.74, 6) is 0.665. The summed E-state index contributed by atoms with van der Waals surface area (Å²) in [5, 5.41) is 9.82. The molecule has 0 aliphatic carbocycles. The van der Waals surface area contributed by atoms with Crippen molar-refractivity contribution in [3.63, 3.8) is 0 Å². The molecule has 1 rings (SSSR count). The molecular formula is C9H7BrClNO. The maximum Gasteiger partial charge on any atom is 0.120 e. The minimum atomic E-state index is 0.427. The monoisotopic (exact) mass is 259 g/mol. The zero-order valence-corrected chi connectivity index (χ0v) is 9.32. The number of hydrogen-bond acceptors (Lipinski definition) is 2. The lowest BCUT2D eigenvalue weighted by Crippen LogP contribution is -1.90. The lowest BCUT2D eigenvalue weighted by atomic mass is 10.1. The number of hydrogen-bond donors (Lipinski definition) is 0. The first-order valence-corrected chi connectivity index (χ1v) is 5.05. The molecule has 0 saturated carbocycles. The highest BCUT2D eigenvalue weighted by atomic mass is 79.9. The Kier molecular flexibility index (Phi) is 3.58. The normalized spacial score (nSPS) is 9.38. The van der Waals surface area contributed by atoms with Crippen LogP contribution in [-0.2, 0) is 5.33 Å². The first-order chi connectivity index (χ1) is 6.22. The Balaban J connectivity index is 3.31. The Bertz CT molecular complexity index is 359. The largest absolute Gasteiger partial charge is 0.497 e. The van der Waals surface area contributed by atoms with Crippen molar-refractivity contribution in [1.29, 1.82) is 5.26 Å². The van der Waals surface area contributed by atoms with E-state index >= 15 is 0 Å². The molecule has 0 saturated heterocycles. The number of nitriles is 1. The van der Waals surface area contributed by atoms with E-state index in [-0.39, 0.29) is 0 Å². The molecule has 0 unspecified atom stereocenters. The molecule has 0 aromatic heterocycles. The highest BCUT2D eigenvalue weighted by Crippen LogP contribution is 2.27. The highest BCUT2D eigenvalue weighted by Gasteiger charge is 2.08. The summed E-state index contributed by atoms with van der Waals surface area (Å²) in [4.78, 5) is 0. The van der Waals surface area contributed by atoms with E-state index < -0.39 is 0 Å². The van der Waals surface area contributed by atoms with E-state index in [9.17, 15) is 0 Å². The Morgan fingerprint density at radius 1 is 1.62 bits per heavy atom. The SMILES string of the molecule is COc1cc(Cl)c(C#N)c(CBr)c1. The van der Waals surface area contributed by atoms with E-state index in [0.717, 1.165) is 5.56 Å². The second-order valence-electron chi connectivity index (χ2n) is 2.39. The van der Waals surface area contributed by atoms with Crippen LogP contribution in [0.25, 0.3) is 0 Å². The van der Waals surface area contributed by atoms with Gasteiger partial charge in [0.1, 0.15) is 11.8 Å². The van der Waals surface area contributed by atoms with E-state index in [4.69, 9.17) is 21.6 Å². The van der Waals surface area contributed by atoms with Crippen molar-refractivity contribution in [3.8, 4) is 11.8 Å². The van der Waals surface area contributed by atoms with E-state index in [1.54, 1.807) is 19.2 Å². The molecule has 0 heterocycles. The smallest absolute Gasteiger partial charge is 0.120 e. The van der Waals surface area contributed by atoms with Gasteiger partial charge >= 0.3 is 0 Å². The highest BCUT2D eigenvalue weighted by molar-refractivity contribution is 9.08. The molecule has 0 fully saturated rings. The molecule has 0 aliphatic heterocycles. The van der Waals surface area contributed by atoms with Crippen LogP contribution in [0.3, 0.4) is 0 Å². The van der Waals surface area contributed by atoms with E-state index in [1.165, 1.54) is 0 Å². The van der Waals surface area contributed by atoms with Gasteiger partial charge in [0.05, 0.1) is 17.7 Å². The third kappa shape index (κ3) is 2.15. The van der Waals surface area contributed by atoms with Crippen LogP contribution in [0, 0.1) is 11.3 Å². The van der Waals surface area contributed by atoms with Crippen molar-refractivity contribution in [2.24, 2.45) is 0 Å². The van der Waals surface area contributed by atoms with Crippen LogP contribution in [0.2, 0.25) is 5.02 Å². The number of alkyl halides is 1. The fraction of sp³-hybridized carbons (Fsp3) is 0.222. The number of benzene rings is 1. The lowest BCUT2D eigenvalue weighted by molar-refractivity contribution is 0.414. The Labute approximate surface area is 90.2 Å². The van der Waals surface area contributed by atoms with Gasteiger partial charge in [-0.05, 0) is 11.6 Å². The van der Waals surface area contributed by atoms with Gasteiger partial charge in [-0.2, -0.15) is 5.26 Å². The molecule has 0 spiro atoms. The molecule has 4 heteroatoms. The van der Waals surface area contributed by atoms with Crippen molar-refractivity contribution < 1.29 is 4.74 Å². The summed E-state index contributed by atoms with van der Waals surface area (Å²) in [6, 6.07) is 5.47. The summed E-state index contributed by atoms with van der Waals surface area (Å²) in [6.07, 6.45) is 0. The van der Waals surface area contributed by atoms with Crippen LogP contribution in [0.15, 0.2) is 12.1 Å². The van der Waals surface area contributed by atoms with Crippen LogP contribution in [0.4, 0.5) is 0 Å².